The van der Waals surface area contributed by atoms with E-state index in [1.54, 1.807) is 0 Å². The number of rotatable bonds is 2. The van der Waals surface area contributed by atoms with Crippen LogP contribution in [0, 0.1) is 18.3 Å². The quantitative estimate of drug-likeness (QED) is 0.757. The SMILES string of the molecule is Cc1ccc(Cl)c(C2COCCN2CC#N)c1. The molecule has 0 aromatic heterocycles. The molecule has 3 nitrogen and oxygen atoms in total. The summed E-state index contributed by atoms with van der Waals surface area (Å²) in [6.07, 6.45) is 0. The molecule has 1 heterocycles. The van der Waals surface area contributed by atoms with Crippen molar-refractivity contribution in [2.75, 3.05) is 26.3 Å². The van der Waals surface area contributed by atoms with Crippen molar-refractivity contribution in [3.05, 3.63) is 34.3 Å². The molecule has 1 aliphatic rings. The molecule has 2 rings (SSSR count). The predicted octanol–water partition coefficient (Wildman–Crippen LogP) is 2.55. The number of hydrogen-bond donors (Lipinski definition) is 0. The van der Waals surface area contributed by atoms with Gasteiger partial charge in [-0.3, -0.25) is 4.90 Å². The monoisotopic (exact) mass is 250 g/mol. The number of hydrogen-bond acceptors (Lipinski definition) is 3. The van der Waals surface area contributed by atoms with E-state index < -0.39 is 0 Å². The van der Waals surface area contributed by atoms with E-state index in [2.05, 4.69) is 17.0 Å². The molecule has 1 unspecified atom stereocenters. The highest BCUT2D eigenvalue weighted by molar-refractivity contribution is 6.31. The van der Waals surface area contributed by atoms with Crippen LogP contribution in [0.4, 0.5) is 0 Å². The van der Waals surface area contributed by atoms with Crippen LogP contribution in [0.3, 0.4) is 0 Å². The number of benzene rings is 1. The summed E-state index contributed by atoms with van der Waals surface area (Å²) in [6, 6.07) is 8.27. The second kappa shape index (κ2) is 5.50. The first kappa shape index (κ1) is 12.4. The van der Waals surface area contributed by atoms with Crippen molar-refractivity contribution < 1.29 is 4.74 Å². The average Bonchev–Trinajstić information content (AvgIpc) is 2.34. The van der Waals surface area contributed by atoms with Gasteiger partial charge in [0.15, 0.2) is 0 Å². The lowest BCUT2D eigenvalue weighted by molar-refractivity contribution is -0.00177. The summed E-state index contributed by atoms with van der Waals surface area (Å²) in [5.74, 6) is 0. The lowest BCUT2D eigenvalue weighted by Crippen LogP contribution is -2.39. The van der Waals surface area contributed by atoms with E-state index in [0.717, 1.165) is 17.1 Å². The lowest BCUT2D eigenvalue weighted by atomic mass is 10.0. The standard InChI is InChI=1S/C13H15ClN2O/c1-10-2-3-12(14)11(8-10)13-9-17-7-6-16(13)5-4-15/h2-3,8,13H,5-7,9H2,1H3. The molecule has 1 aliphatic heterocycles. The highest BCUT2D eigenvalue weighted by Crippen LogP contribution is 2.30. The Balaban J connectivity index is 2.29. The van der Waals surface area contributed by atoms with Crippen molar-refractivity contribution in [2.45, 2.75) is 13.0 Å². The van der Waals surface area contributed by atoms with Crippen LogP contribution in [0.15, 0.2) is 18.2 Å². The van der Waals surface area contributed by atoms with Crippen LogP contribution in [-0.4, -0.2) is 31.2 Å². The number of aryl methyl sites for hydroxylation is 1. The van der Waals surface area contributed by atoms with Crippen molar-refractivity contribution in [2.24, 2.45) is 0 Å². The molecule has 1 aromatic rings. The fraction of sp³-hybridized carbons (Fsp3) is 0.462. The summed E-state index contributed by atoms with van der Waals surface area (Å²) in [4.78, 5) is 2.12. The van der Waals surface area contributed by atoms with E-state index >= 15 is 0 Å². The Hall–Kier alpha value is -1.08. The zero-order valence-corrected chi connectivity index (χ0v) is 10.6. The van der Waals surface area contributed by atoms with Gasteiger partial charge < -0.3 is 4.74 Å². The minimum atomic E-state index is 0.0933. The van der Waals surface area contributed by atoms with Gasteiger partial charge in [-0.1, -0.05) is 29.3 Å². The molecule has 1 aromatic carbocycles. The van der Waals surface area contributed by atoms with E-state index in [4.69, 9.17) is 21.6 Å². The first-order valence-electron chi connectivity index (χ1n) is 5.67. The molecule has 4 heteroatoms. The third kappa shape index (κ3) is 2.78. The summed E-state index contributed by atoms with van der Waals surface area (Å²) in [7, 11) is 0. The van der Waals surface area contributed by atoms with Crippen molar-refractivity contribution >= 4 is 11.6 Å². The smallest absolute Gasteiger partial charge is 0.0872 e. The molecule has 0 saturated carbocycles. The number of morpholine rings is 1. The maximum Gasteiger partial charge on any atom is 0.0872 e. The Kier molecular flexibility index (Phi) is 4.01. The van der Waals surface area contributed by atoms with Gasteiger partial charge in [0, 0.05) is 11.6 Å². The van der Waals surface area contributed by atoms with Crippen molar-refractivity contribution in [1.29, 1.82) is 5.26 Å². The Morgan fingerprint density at radius 2 is 2.41 bits per heavy atom. The summed E-state index contributed by atoms with van der Waals surface area (Å²) in [5.41, 5.74) is 2.23. The maximum atomic E-state index is 8.84. The van der Waals surface area contributed by atoms with E-state index in [1.807, 2.05) is 19.1 Å². The van der Waals surface area contributed by atoms with Gasteiger partial charge in [-0.2, -0.15) is 5.26 Å². The van der Waals surface area contributed by atoms with Crippen LogP contribution in [0.2, 0.25) is 5.02 Å². The predicted molar refractivity (Wildman–Crippen MR) is 66.9 cm³/mol. The summed E-state index contributed by atoms with van der Waals surface area (Å²) in [6.45, 7) is 4.52. The molecule has 1 saturated heterocycles. The molecule has 0 bridgehead atoms. The van der Waals surface area contributed by atoms with E-state index in [-0.39, 0.29) is 6.04 Å². The fourth-order valence-corrected chi connectivity index (χ4v) is 2.37. The third-order valence-corrected chi connectivity index (χ3v) is 3.37. The normalized spacial score (nSPS) is 21.1. The molecular formula is C13H15ClN2O. The van der Waals surface area contributed by atoms with Gasteiger partial charge in [-0.25, -0.2) is 0 Å². The zero-order valence-electron chi connectivity index (χ0n) is 9.82. The number of nitrogens with zero attached hydrogens (tertiary/aromatic N) is 2. The minimum absolute atomic E-state index is 0.0933. The number of nitriles is 1. The molecule has 0 spiro atoms. The highest BCUT2D eigenvalue weighted by Gasteiger charge is 2.25. The summed E-state index contributed by atoms with van der Waals surface area (Å²) in [5, 5.41) is 9.59. The fourth-order valence-electron chi connectivity index (χ4n) is 2.12. The Bertz CT molecular complexity index is 442. The summed E-state index contributed by atoms with van der Waals surface area (Å²) >= 11 is 6.23. The van der Waals surface area contributed by atoms with Gasteiger partial charge in [0.05, 0.1) is 31.9 Å². The van der Waals surface area contributed by atoms with Crippen LogP contribution in [0.25, 0.3) is 0 Å². The minimum Gasteiger partial charge on any atom is -0.378 e. The molecule has 1 fully saturated rings. The highest BCUT2D eigenvalue weighted by atomic mass is 35.5. The van der Waals surface area contributed by atoms with Crippen LogP contribution >= 0.6 is 11.6 Å². The Morgan fingerprint density at radius 1 is 1.59 bits per heavy atom. The molecule has 0 N–H and O–H groups in total. The van der Waals surface area contributed by atoms with Crippen LogP contribution < -0.4 is 0 Å². The summed E-state index contributed by atoms with van der Waals surface area (Å²) < 4.78 is 5.50. The first-order chi connectivity index (χ1) is 8.22. The van der Waals surface area contributed by atoms with E-state index in [1.165, 1.54) is 5.56 Å². The van der Waals surface area contributed by atoms with Crippen molar-refractivity contribution in [3.8, 4) is 6.07 Å². The molecule has 1 atom stereocenters. The Morgan fingerprint density at radius 3 is 3.18 bits per heavy atom. The van der Waals surface area contributed by atoms with Crippen molar-refractivity contribution in [1.82, 2.24) is 4.90 Å². The third-order valence-electron chi connectivity index (χ3n) is 3.02. The lowest BCUT2D eigenvalue weighted by Gasteiger charge is -2.34. The van der Waals surface area contributed by atoms with Gasteiger partial charge in [0.2, 0.25) is 0 Å². The second-order valence-corrected chi connectivity index (χ2v) is 4.65. The van der Waals surface area contributed by atoms with Crippen LogP contribution in [-0.2, 0) is 4.74 Å². The van der Waals surface area contributed by atoms with Gasteiger partial charge in [-0.05, 0) is 18.6 Å². The second-order valence-electron chi connectivity index (χ2n) is 4.24. The molecule has 0 amide bonds. The Labute approximate surface area is 107 Å². The van der Waals surface area contributed by atoms with E-state index in [0.29, 0.717) is 19.8 Å². The number of halogens is 1. The largest absolute Gasteiger partial charge is 0.378 e. The molecule has 90 valence electrons. The van der Waals surface area contributed by atoms with Gasteiger partial charge >= 0.3 is 0 Å². The molecular weight excluding hydrogens is 236 g/mol. The topological polar surface area (TPSA) is 36.3 Å². The van der Waals surface area contributed by atoms with Crippen LogP contribution in [0.1, 0.15) is 17.2 Å². The molecule has 0 aliphatic carbocycles. The zero-order chi connectivity index (χ0) is 12.3. The van der Waals surface area contributed by atoms with Gasteiger partial charge in [0.25, 0.3) is 0 Å². The number of ether oxygens (including phenoxy) is 1. The van der Waals surface area contributed by atoms with Crippen LogP contribution in [0.5, 0.6) is 0 Å². The van der Waals surface area contributed by atoms with E-state index in [9.17, 15) is 0 Å². The van der Waals surface area contributed by atoms with Gasteiger partial charge in [-0.15, -0.1) is 0 Å². The molecule has 0 radical (unpaired) electrons. The molecule has 17 heavy (non-hydrogen) atoms. The first-order valence-corrected chi connectivity index (χ1v) is 6.05. The maximum absolute atomic E-state index is 8.84. The average molecular weight is 251 g/mol. The van der Waals surface area contributed by atoms with Gasteiger partial charge in [0.1, 0.15) is 0 Å². The van der Waals surface area contributed by atoms with Crippen molar-refractivity contribution in [3.63, 3.8) is 0 Å².